The van der Waals surface area contributed by atoms with Crippen molar-refractivity contribution >= 4 is 11.6 Å². The van der Waals surface area contributed by atoms with Gasteiger partial charge in [-0.3, -0.25) is 0 Å². The van der Waals surface area contributed by atoms with Crippen molar-refractivity contribution in [2.45, 2.75) is 40.5 Å². The van der Waals surface area contributed by atoms with Crippen LogP contribution < -0.4 is 5.32 Å². The highest BCUT2D eigenvalue weighted by Crippen LogP contribution is 2.18. The summed E-state index contributed by atoms with van der Waals surface area (Å²) < 4.78 is 0. The molecule has 1 aromatic carbocycles. The van der Waals surface area contributed by atoms with Crippen molar-refractivity contribution in [3.63, 3.8) is 0 Å². The van der Waals surface area contributed by atoms with Crippen LogP contribution in [0.2, 0.25) is 0 Å². The number of hydrogen-bond donors (Lipinski definition) is 1. The van der Waals surface area contributed by atoms with E-state index in [0.29, 0.717) is 5.92 Å². The minimum Gasteiger partial charge on any atom is -0.359 e. The lowest BCUT2D eigenvalue weighted by Gasteiger charge is -2.15. The van der Waals surface area contributed by atoms with Gasteiger partial charge in [-0.1, -0.05) is 64.3 Å². The Morgan fingerprint density at radius 3 is 2.59 bits per heavy atom. The summed E-state index contributed by atoms with van der Waals surface area (Å²) in [6.07, 6.45) is 8.36. The van der Waals surface area contributed by atoms with Gasteiger partial charge in [0.2, 0.25) is 0 Å². The molecule has 0 aliphatic rings. The Morgan fingerprint density at radius 2 is 2.00 bits per heavy atom. The lowest BCUT2D eigenvalue weighted by Crippen LogP contribution is -2.15. The number of nitrogens with one attached hydrogen (secondary N) is 1. The minimum atomic E-state index is 0.472. The smallest absolute Gasteiger partial charge is 0.0338 e. The molecule has 1 N–H and O–H groups in total. The summed E-state index contributed by atoms with van der Waals surface area (Å²) in [5.41, 5.74) is 5.70. The van der Waals surface area contributed by atoms with E-state index in [1.807, 2.05) is 6.92 Å². The van der Waals surface area contributed by atoms with E-state index in [-0.39, 0.29) is 0 Å². The van der Waals surface area contributed by atoms with Crippen LogP contribution in [-0.4, -0.2) is 0 Å². The third-order valence-electron chi connectivity index (χ3n) is 4.00. The monoisotopic (exact) mass is 295 g/mol. The third-order valence-corrected chi connectivity index (χ3v) is 4.00. The van der Waals surface area contributed by atoms with Gasteiger partial charge in [0.1, 0.15) is 0 Å². The molecule has 0 spiro atoms. The largest absolute Gasteiger partial charge is 0.359 e. The van der Waals surface area contributed by atoms with Gasteiger partial charge in [0, 0.05) is 11.4 Å². The van der Waals surface area contributed by atoms with Gasteiger partial charge in [0.25, 0.3) is 0 Å². The molecule has 0 radical (unpaired) electrons. The predicted molar refractivity (Wildman–Crippen MR) is 100 cm³/mol. The maximum Gasteiger partial charge on any atom is 0.0338 e. The highest BCUT2D eigenvalue weighted by atomic mass is 14.9. The highest BCUT2D eigenvalue weighted by molar-refractivity contribution is 5.66. The van der Waals surface area contributed by atoms with Crippen LogP contribution in [0.3, 0.4) is 0 Å². The Balaban J connectivity index is 2.81. The maximum absolute atomic E-state index is 4.12. The van der Waals surface area contributed by atoms with Crippen molar-refractivity contribution in [1.82, 2.24) is 5.32 Å². The SMILES string of the molecule is C=C(CC)c1cccc(/C=C\C(=C\C)NC(=C)C(C)CC)c1. The molecule has 0 aliphatic heterocycles. The van der Waals surface area contributed by atoms with E-state index in [0.717, 1.165) is 24.2 Å². The van der Waals surface area contributed by atoms with Gasteiger partial charge < -0.3 is 5.32 Å². The van der Waals surface area contributed by atoms with E-state index >= 15 is 0 Å². The van der Waals surface area contributed by atoms with Crippen molar-refractivity contribution in [3.8, 4) is 0 Å². The highest BCUT2D eigenvalue weighted by Gasteiger charge is 2.04. The zero-order valence-electron chi connectivity index (χ0n) is 14.4. The molecule has 22 heavy (non-hydrogen) atoms. The number of allylic oxidation sites excluding steroid dienone is 4. The Morgan fingerprint density at radius 1 is 1.27 bits per heavy atom. The molecular formula is C21H29N. The van der Waals surface area contributed by atoms with Crippen LogP contribution in [0.25, 0.3) is 11.6 Å². The van der Waals surface area contributed by atoms with Crippen molar-refractivity contribution in [1.29, 1.82) is 0 Å². The van der Waals surface area contributed by atoms with Gasteiger partial charge >= 0.3 is 0 Å². The molecule has 0 aliphatic carbocycles. The van der Waals surface area contributed by atoms with Crippen LogP contribution in [0.4, 0.5) is 0 Å². The quantitative estimate of drug-likeness (QED) is 0.565. The molecule has 1 atom stereocenters. The Kier molecular flexibility index (Phi) is 7.45. The maximum atomic E-state index is 4.12. The van der Waals surface area contributed by atoms with Crippen LogP contribution in [0.5, 0.6) is 0 Å². The molecule has 118 valence electrons. The first-order chi connectivity index (χ1) is 10.5. The average Bonchev–Trinajstić information content (AvgIpc) is 2.56. The molecule has 1 aromatic rings. The van der Waals surface area contributed by atoms with Crippen molar-refractivity contribution in [2.75, 3.05) is 0 Å². The first-order valence-electron chi connectivity index (χ1n) is 8.10. The number of rotatable bonds is 8. The van der Waals surface area contributed by atoms with Crippen molar-refractivity contribution in [3.05, 3.63) is 72.1 Å². The third kappa shape index (κ3) is 5.40. The van der Waals surface area contributed by atoms with Gasteiger partial charge in [0.15, 0.2) is 0 Å². The zero-order valence-corrected chi connectivity index (χ0v) is 14.4. The standard InChI is InChI=1S/C21H29N/c1-7-16(4)18(6)22-21(9-3)14-13-19-11-10-12-20(15-19)17(5)8-2/h9-16,22H,5-8H2,1-4H3/b14-13-,21-9-. The first-order valence-corrected chi connectivity index (χ1v) is 8.10. The summed E-state index contributed by atoms with van der Waals surface area (Å²) in [6, 6.07) is 8.48. The summed E-state index contributed by atoms with van der Waals surface area (Å²) in [6.45, 7) is 16.8. The fraction of sp³-hybridized carbons (Fsp3) is 0.333. The summed E-state index contributed by atoms with van der Waals surface area (Å²) in [5, 5.41) is 3.40. The van der Waals surface area contributed by atoms with Crippen LogP contribution in [0.1, 0.15) is 51.7 Å². The Hall–Kier alpha value is -2.02. The summed E-state index contributed by atoms with van der Waals surface area (Å²) in [4.78, 5) is 0. The molecule has 0 aromatic heterocycles. The van der Waals surface area contributed by atoms with E-state index in [1.54, 1.807) is 0 Å². The summed E-state index contributed by atoms with van der Waals surface area (Å²) in [7, 11) is 0. The Labute approximate surface area is 136 Å². The van der Waals surface area contributed by atoms with Gasteiger partial charge in [-0.15, -0.1) is 0 Å². The van der Waals surface area contributed by atoms with Gasteiger partial charge in [-0.2, -0.15) is 0 Å². The number of benzene rings is 1. The molecule has 1 unspecified atom stereocenters. The average molecular weight is 295 g/mol. The Bertz CT molecular complexity index is 575. The number of hydrogen-bond acceptors (Lipinski definition) is 1. The lowest BCUT2D eigenvalue weighted by molar-refractivity contribution is 0.619. The molecule has 0 amide bonds. The first kappa shape index (κ1) is 18.0. The van der Waals surface area contributed by atoms with E-state index in [9.17, 15) is 0 Å². The molecule has 1 heteroatoms. The van der Waals surface area contributed by atoms with E-state index in [2.05, 4.69) is 81.7 Å². The molecule has 0 fully saturated rings. The molecule has 0 heterocycles. The molecule has 1 rings (SSSR count). The fourth-order valence-electron chi connectivity index (χ4n) is 2.02. The summed E-state index contributed by atoms with van der Waals surface area (Å²) >= 11 is 0. The molecule has 0 saturated heterocycles. The summed E-state index contributed by atoms with van der Waals surface area (Å²) in [5.74, 6) is 0.472. The van der Waals surface area contributed by atoms with Gasteiger partial charge in [-0.05, 0) is 54.5 Å². The van der Waals surface area contributed by atoms with Gasteiger partial charge in [0.05, 0.1) is 0 Å². The van der Waals surface area contributed by atoms with Crippen LogP contribution in [0.15, 0.2) is 61.0 Å². The van der Waals surface area contributed by atoms with Crippen LogP contribution in [-0.2, 0) is 0 Å². The lowest BCUT2D eigenvalue weighted by atomic mass is 10.0. The van der Waals surface area contributed by atoms with E-state index in [4.69, 9.17) is 0 Å². The topological polar surface area (TPSA) is 12.0 Å². The fourth-order valence-corrected chi connectivity index (χ4v) is 2.02. The van der Waals surface area contributed by atoms with Crippen LogP contribution >= 0.6 is 0 Å². The molecule has 0 saturated carbocycles. The van der Waals surface area contributed by atoms with E-state index < -0.39 is 0 Å². The molecule has 0 bridgehead atoms. The van der Waals surface area contributed by atoms with Crippen molar-refractivity contribution < 1.29 is 0 Å². The molecular weight excluding hydrogens is 266 g/mol. The minimum absolute atomic E-state index is 0.472. The second-order valence-electron chi connectivity index (χ2n) is 5.62. The van der Waals surface area contributed by atoms with Crippen LogP contribution in [0, 0.1) is 5.92 Å². The van der Waals surface area contributed by atoms with Gasteiger partial charge in [-0.25, -0.2) is 0 Å². The van der Waals surface area contributed by atoms with E-state index in [1.165, 1.54) is 16.7 Å². The second kappa shape index (κ2) is 9.09. The molecule has 1 nitrogen and oxygen atoms in total. The normalized spacial score (nSPS) is 13.2. The zero-order chi connectivity index (χ0) is 16.5. The predicted octanol–water partition coefficient (Wildman–Crippen LogP) is 6.18. The second-order valence-corrected chi connectivity index (χ2v) is 5.62. The van der Waals surface area contributed by atoms with Crippen molar-refractivity contribution in [2.24, 2.45) is 5.92 Å².